The molecular formula is C7H16ClMgN. The van der Waals surface area contributed by atoms with Gasteiger partial charge in [-0.15, -0.1) is 4.55 Å². The largest absolute Gasteiger partial charge is 0.501 e. The van der Waals surface area contributed by atoms with Crippen LogP contribution in [-0.2, 0) is 0 Å². The van der Waals surface area contributed by atoms with E-state index in [9.17, 15) is 0 Å². The van der Waals surface area contributed by atoms with E-state index >= 15 is 0 Å². The molecule has 0 N–H and O–H groups in total. The second-order valence-electron chi connectivity index (χ2n) is 3.84. The van der Waals surface area contributed by atoms with Gasteiger partial charge >= 0.3 is 19.3 Å². The molecular weight excluding hydrogens is 158 g/mol. The first-order valence-corrected chi connectivity index (χ1v) is 6.82. The van der Waals surface area contributed by atoms with Crippen LogP contribution in [0.1, 0.15) is 13.8 Å². The zero-order chi connectivity index (χ0) is 8.20. The minimum atomic E-state index is -0.288. The van der Waals surface area contributed by atoms with Crippen LogP contribution in [0.15, 0.2) is 0 Å². The minimum Gasteiger partial charge on any atom is -0.346 e. The number of halogens is 1. The van der Waals surface area contributed by atoms with Gasteiger partial charge in [-0.05, 0) is 19.5 Å². The standard InChI is InChI=1S/C7H16N.ClH.Mg/c1-7(2,3)6-8(4)5;;/h1,6H2,2-5H3;1H;/q;;+1/p-1. The second kappa shape index (κ2) is 4.81. The first kappa shape index (κ1) is 11.0. The van der Waals surface area contributed by atoms with Gasteiger partial charge in [-0.2, -0.15) is 0 Å². The van der Waals surface area contributed by atoms with E-state index in [0.29, 0.717) is 5.41 Å². The monoisotopic (exact) mass is 173 g/mol. The highest BCUT2D eigenvalue weighted by molar-refractivity contribution is 6.93. The third-order valence-electron chi connectivity index (χ3n) is 1.52. The van der Waals surface area contributed by atoms with Crippen LogP contribution >= 0.6 is 9.07 Å². The van der Waals surface area contributed by atoms with Crippen LogP contribution in [0.4, 0.5) is 0 Å². The number of hydrogen-bond donors (Lipinski definition) is 0. The third kappa shape index (κ3) is 5.78. The van der Waals surface area contributed by atoms with Crippen molar-refractivity contribution in [2.45, 2.75) is 18.4 Å². The number of nitrogens with zero attached hydrogens (tertiary/aromatic N) is 1. The summed E-state index contributed by atoms with van der Waals surface area (Å²) in [6.07, 6.45) is 0. The van der Waals surface area contributed by atoms with E-state index in [0.717, 1.165) is 6.54 Å². The van der Waals surface area contributed by atoms with E-state index in [1.807, 2.05) is 0 Å². The Kier molecular flexibility index (Phi) is 5.29. The highest BCUT2D eigenvalue weighted by Gasteiger charge is 2.18. The van der Waals surface area contributed by atoms with Crippen LogP contribution < -0.4 is 0 Å². The van der Waals surface area contributed by atoms with Gasteiger partial charge in [0.2, 0.25) is 0 Å². The molecule has 0 aromatic rings. The molecule has 0 aromatic heterocycles. The molecule has 1 nitrogen and oxygen atoms in total. The average molecular weight is 174 g/mol. The van der Waals surface area contributed by atoms with Crippen molar-refractivity contribution in [1.82, 2.24) is 4.90 Å². The summed E-state index contributed by atoms with van der Waals surface area (Å²) in [4.78, 5) is 2.22. The van der Waals surface area contributed by atoms with Crippen molar-refractivity contribution in [2.75, 3.05) is 20.6 Å². The van der Waals surface area contributed by atoms with E-state index in [2.05, 4.69) is 32.8 Å². The van der Waals surface area contributed by atoms with Gasteiger partial charge in [0, 0.05) is 6.54 Å². The predicted molar refractivity (Wildman–Crippen MR) is 48.7 cm³/mol. The second-order valence-corrected chi connectivity index (χ2v) is 5.85. The Balaban J connectivity index is 3.63. The first-order valence-electron chi connectivity index (χ1n) is 3.69. The van der Waals surface area contributed by atoms with E-state index in [4.69, 9.17) is 9.07 Å². The maximum absolute atomic E-state index is 5.79. The molecule has 0 saturated heterocycles. The molecule has 0 bridgehead atoms. The molecule has 0 heterocycles. The lowest BCUT2D eigenvalue weighted by Crippen LogP contribution is -2.28. The SMILES string of the molecule is CN(C)CC(C)(C)[CH2][Mg][Cl]. The summed E-state index contributed by atoms with van der Waals surface area (Å²) in [5.41, 5.74) is 0.428. The topological polar surface area (TPSA) is 3.24 Å². The lowest BCUT2D eigenvalue weighted by Gasteiger charge is -2.27. The Bertz CT molecular complexity index is 93.6. The van der Waals surface area contributed by atoms with Crippen LogP contribution in [0.2, 0.25) is 4.55 Å². The van der Waals surface area contributed by atoms with Crippen molar-refractivity contribution in [3.8, 4) is 0 Å². The van der Waals surface area contributed by atoms with Crippen molar-refractivity contribution in [3.05, 3.63) is 0 Å². The third-order valence-corrected chi connectivity index (χ3v) is 3.63. The maximum Gasteiger partial charge on any atom is 0.501 e. The molecule has 0 aromatic carbocycles. The average Bonchev–Trinajstić information content (AvgIpc) is 1.59. The summed E-state index contributed by atoms with van der Waals surface area (Å²) in [6, 6.07) is 0. The quantitative estimate of drug-likeness (QED) is 0.587. The van der Waals surface area contributed by atoms with Crippen LogP contribution in [0.3, 0.4) is 0 Å². The van der Waals surface area contributed by atoms with E-state index in [1.54, 1.807) is 0 Å². The fourth-order valence-electron chi connectivity index (χ4n) is 1.19. The molecule has 0 fully saturated rings. The molecule has 10 heavy (non-hydrogen) atoms. The van der Waals surface area contributed by atoms with Gasteiger partial charge in [0.05, 0.1) is 0 Å². The van der Waals surface area contributed by atoms with Crippen molar-refractivity contribution >= 4 is 28.3 Å². The molecule has 0 amide bonds. The molecule has 0 spiro atoms. The molecule has 3 heteroatoms. The van der Waals surface area contributed by atoms with Crippen LogP contribution in [0.5, 0.6) is 0 Å². The summed E-state index contributed by atoms with van der Waals surface area (Å²) in [7, 11) is 10.0. The van der Waals surface area contributed by atoms with Gasteiger partial charge in [-0.3, -0.25) is 0 Å². The van der Waals surface area contributed by atoms with Crippen LogP contribution in [-0.4, -0.2) is 44.8 Å². The van der Waals surface area contributed by atoms with Crippen LogP contribution in [0, 0.1) is 5.41 Å². The van der Waals surface area contributed by atoms with Crippen molar-refractivity contribution in [3.63, 3.8) is 0 Å². The van der Waals surface area contributed by atoms with Gasteiger partial charge in [-0.1, -0.05) is 13.8 Å². The van der Waals surface area contributed by atoms with E-state index in [1.165, 1.54) is 4.55 Å². The van der Waals surface area contributed by atoms with Gasteiger partial charge < -0.3 is 14.0 Å². The highest BCUT2D eigenvalue weighted by atomic mass is 35.5. The highest BCUT2D eigenvalue weighted by Crippen LogP contribution is 2.21. The lowest BCUT2D eigenvalue weighted by molar-refractivity contribution is 0.263. The molecule has 0 unspecified atom stereocenters. The Hall–Kier alpha value is 1.02. The van der Waals surface area contributed by atoms with Gasteiger partial charge in [0.1, 0.15) is 0 Å². The van der Waals surface area contributed by atoms with E-state index < -0.39 is 0 Å². The van der Waals surface area contributed by atoms with Crippen LogP contribution in [0.25, 0.3) is 0 Å². The Morgan fingerprint density at radius 1 is 1.40 bits per heavy atom. The molecule has 0 rings (SSSR count). The van der Waals surface area contributed by atoms with Crippen molar-refractivity contribution in [2.24, 2.45) is 5.41 Å². The smallest absolute Gasteiger partial charge is 0.346 e. The molecule has 58 valence electrons. The van der Waals surface area contributed by atoms with Crippen molar-refractivity contribution < 1.29 is 0 Å². The molecule has 0 radical (unpaired) electrons. The van der Waals surface area contributed by atoms with Gasteiger partial charge in [0.15, 0.2) is 0 Å². The molecule has 0 aliphatic carbocycles. The summed E-state index contributed by atoms with van der Waals surface area (Å²) in [5.74, 6) is 0. The molecule has 0 saturated carbocycles. The van der Waals surface area contributed by atoms with Gasteiger partial charge in [-0.25, -0.2) is 0 Å². The zero-order valence-corrected chi connectivity index (χ0v) is 9.62. The summed E-state index contributed by atoms with van der Waals surface area (Å²) < 4.78 is 1.23. The summed E-state index contributed by atoms with van der Waals surface area (Å²) in [5, 5.41) is 0. The zero-order valence-electron chi connectivity index (χ0n) is 7.45. The Labute approximate surface area is 77.6 Å². The molecule has 0 aliphatic heterocycles. The first-order chi connectivity index (χ1) is 4.48. The minimum absolute atomic E-state index is 0.288. The van der Waals surface area contributed by atoms with Crippen molar-refractivity contribution in [1.29, 1.82) is 0 Å². The fraction of sp³-hybridized carbons (Fsp3) is 1.00. The Morgan fingerprint density at radius 3 is 2.20 bits per heavy atom. The predicted octanol–water partition coefficient (Wildman–Crippen LogP) is 1.85. The summed E-state index contributed by atoms with van der Waals surface area (Å²) in [6.45, 7) is 5.71. The van der Waals surface area contributed by atoms with Gasteiger partial charge in [0.25, 0.3) is 0 Å². The summed E-state index contributed by atoms with van der Waals surface area (Å²) >= 11 is -0.288. The fourth-order valence-corrected chi connectivity index (χ4v) is 3.40. The number of rotatable bonds is 4. The maximum atomic E-state index is 5.79. The normalized spacial score (nSPS) is 11.8. The van der Waals surface area contributed by atoms with E-state index in [-0.39, 0.29) is 19.3 Å². The Morgan fingerprint density at radius 2 is 1.90 bits per heavy atom. The number of hydrogen-bond acceptors (Lipinski definition) is 1. The molecule has 0 atom stereocenters. The lowest BCUT2D eigenvalue weighted by atomic mass is 9.96. The molecule has 0 aliphatic rings.